The molecule has 27 heavy (non-hydrogen) atoms. The van der Waals surface area contributed by atoms with Crippen molar-refractivity contribution >= 4 is 5.96 Å². The number of aromatic amines is 1. The van der Waals surface area contributed by atoms with Crippen molar-refractivity contribution in [1.82, 2.24) is 30.7 Å². The maximum Gasteiger partial charge on any atom is 0.216 e. The maximum atomic E-state index is 5.31. The van der Waals surface area contributed by atoms with E-state index in [1.54, 1.807) is 13.3 Å². The molecule has 0 aliphatic heterocycles. The second kappa shape index (κ2) is 11.4. The van der Waals surface area contributed by atoms with E-state index in [0.717, 1.165) is 50.8 Å². The molecule has 8 heteroatoms. The molecule has 0 amide bonds. The third-order valence-corrected chi connectivity index (χ3v) is 4.54. The van der Waals surface area contributed by atoms with Crippen LogP contribution in [0.25, 0.3) is 11.6 Å². The summed E-state index contributed by atoms with van der Waals surface area (Å²) in [6.45, 7) is 10.7. The monoisotopic (exact) mass is 375 g/mol. The minimum absolute atomic E-state index is 0.377. The van der Waals surface area contributed by atoms with Crippen molar-refractivity contribution in [3.05, 3.63) is 24.2 Å². The first-order chi connectivity index (χ1) is 13.2. The summed E-state index contributed by atoms with van der Waals surface area (Å²) < 4.78 is 5.31. The van der Waals surface area contributed by atoms with Gasteiger partial charge in [0.2, 0.25) is 5.82 Å². The molecular weight excluding hydrogens is 342 g/mol. The van der Waals surface area contributed by atoms with E-state index in [2.05, 4.69) is 56.5 Å². The van der Waals surface area contributed by atoms with Crippen LogP contribution in [-0.2, 0) is 6.42 Å². The number of hydrogen-bond donors (Lipinski definition) is 3. The molecule has 0 radical (unpaired) electrons. The van der Waals surface area contributed by atoms with Crippen molar-refractivity contribution in [3.63, 3.8) is 0 Å². The summed E-state index contributed by atoms with van der Waals surface area (Å²) in [6, 6.07) is 4.05. The van der Waals surface area contributed by atoms with Gasteiger partial charge >= 0.3 is 0 Å². The molecule has 0 aliphatic rings. The van der Waals surface area contributed by atoms with Gasteiger partial charge in [-0.1, -0.05) is 13.8 Å². The third kappa shape index (κ3) is 7.05. The Morgan fingerprint density at radius 2 is 2.19 bits per heavy atom. The Morgan fingerprint density at radius 1 is 1.37 bits per heavy atom. The van der Waals surface area contributed by atoms with Gasteiger partial charge < -0.3 is 20.0 Å². The van der Waals surface area contributed by atoms with Gasteiger partial charge in [-0.2, -0.15) is 5.10 Å². The van der Waals surface area contributed by atoms with Gasteiger partial charge in [0.25, 0.3) is 0 Å². The van der Waals surface area contributed by atoms with Crippen LogP contribution in [0.3, 0.4) is 0 Å². The second-order valence-corrected chi connectivity index (χ2v) is 6.55. The number of aromatic nitrogens is 3. The number of hydrogen-bond acceptors (Lipinski definition) is 5. The summed E-state index contributed by atoms with van der Waals surface area (Å²) in [5.74, 6) is 2.88. The highest BCUT2D eigenvalue weighted by molar-refractivity contribution is 5.79. The van der Waals surface area contributed by atoms with E-state index in [0.29, 0.717) is 17.6 Å². The summed E-state index contributed by atoms with van der Waals surface area (Å²) in [7, 11) is 1.79. The van der Waals surface area contributed by atoms with Crippen LogP contribution in [0, 0.1) is 0 Å². The van der Waals surface area contributed by atoms with Crippen LogP contribution in [-0.4, -0.2) is 65.3 Å². The first-order valence-corrected chi connectivity index (χ1v) is 9.80. The quantitative estimate of drug-likeness (QED) is 0.412. The highest BCUT2D eigenvalue weighted by Gasteiger charge is 2.09. The molecule has 0 saturated carbocycles. The molecule has 0 saturated heterocycles. The average Bonchev–Trinajstić information content (AvgIpc) is 3.36. The number of nitrogens with zero attached hydrogens (tertiary/aromatic N) is 4. The summed E-state index contributed by atoms with van der Waals surface area (Å²) >= 11 is 0. The predicted molar refractivity (Wildman–Crippen MR) is 109 cm³/mol. The standard InChI is InChI=1S/C19H33N7O/c1-5-26(6-2)13-7-9-15(3)22-19(20-4)21-12-11-17-23-18(25-24-17)16-10-8-14-27-16/h8,10,14-15H,5-7,9,11-13H2,1-4H3,(H2,20,21,22)(H,23,24,25). The van der Waals surface area contributed by atoms with Crippen LogP contribution in [0.15, 0.2) is 27.8 Å². The first-order valence-electron chi connectivity index (χ1n) is 9.80. The Bertz CT molecular complexity index is 661. The van der Waals surface area contributed by atoms with Crippen LogP contribution in [0.4, 0.5) is 0 Å². The lowest BCUT2D eigenvalue weighted by Gasteiger charge is -2.21. The van der Waals surface area contributed by atoms with Crippen LogP contribution in [0.2, 0.25) is 0 Å². The Balaban J connectivity index is 1.68. The first kappa shape index (κ1) is 21.0. The number of guanidine groups is 1. The summed E-state index contributed by atoms with van der Waals surface area (Å²) in [6.07, 6.45) is 4.64. The second-order valence-electron chi connectivity index (χ2n) is 6.55. The van der Waals surface area contributed by atoms with Crippen molar-refractivity contribution in [2.75, 3.05) is 33.2 Å². The van der Waals surface area contributed by atoms with Gasteiger partial charge in [-0.3, -0.25) is 10.1 Å². The maximum absolute atomic E-state index is 5.31. The lowest BCUT2D eigenvalue weighted by Crippen LogP contribution is -2.43. The lowest BCUT2D eigenvalue weighted by atomic mass is 10.2. The fourth-order valence-electron chi connectivity index (χ4n) is 2.88. The molecular formula is C19H33N7O. The average molecular weight is 376 g/mol. The highest BCUT2D eigenvalue weighted by Crippen LogP contribution is 2.14. The summed E-state index contributed by atoms with van der Waals surface area (Å²) in [5, 5.41) is 13.9. The van der Waals surface area contributed by atoms with Crippen molar-refractivity contribution < 1.29 is 4.42 Å². The molecule has 0 aliphatic carbocycles. The third-order valence-electron chi connectivity index (χ3n) is 4.54. The fraction of sp³-hybridized carbons (Fsp3) is 0.632. The number of nitrogens with one attached hydrogen (secondary N) is 3. The van der Waals surface area contributed by atoms with Crippen molar-refractivity contribution in [1.29, 1.82) is 0 Å². The number of H-pyrrole nitrogens is 1. The normalized spacial score (nSPS) is 13.1. The molecule has 3 N–H and O–H groups in total. The zero-order valence-corrected chi connectivity index (χ0v) is 17.0. The molecule has 2 aromatic heterocycles. The minimum Gasteiger partial charge on any atom is -0.461 e. The van der Waals surface area contributed by atoms with Crippen LogP contribution in [0.5, 0.6) is 0 Å². The zero-order valence-electron chi connectivity index (χ0n) is 17.0. The van der Waals surface area contributed by atoms with Gasteiger partial charge in [-0.05, 0) is 51.5 Å². The Hall–Kier alpha value is -2.35. The van der Waals surface area contributed by atoms with E-state index in [4.69, 9.17) is 4.42 Å². The molecule has 8 nitrogen and oxygen atoms in total. The predicted octanol–water partition coefficient (Wildman–Crippen LogP) is 2.28. The van der Waals surface area contributed by atoms with E-state index in [1.165, 1.54) is 6.42 Å². The van der Waals surface area contributed by atoms with Gasteiger partial charge in [0, 0.05) is 26.1 Å². The highest BCUT2D eigenvalue weighted by atomic mass is 16.3. The smallest absolute Gasteiger partial charge is 0.216 e. The Labute approximate surface area is 161 Å². The van der Waals surface area contributed by atoms with Gasteiger partial charge in [0.15, 0.2) is 11.7 Å². The zero-order chi connectivity index (χ0) is 19.5. The molecule has 2 aromatic rings. The fourth-order valence-corrected chi connectivity index (χ4v) is 2.88. The van der Waals surface area contributed by atoms with Gasteiger partial charge in [-0.15, -0.1) is 0 Å². The van der Waals surface area contributed by atoms with Crippen LogP contribution < -0.4 is 10.6 Å². The van der Waals surface area contributed by atoms with E-state index in [-0.39, 0.29) is 0 Å². The van der Waals surface area contributed by atoms with E-state index in [9.17, 15) is 0 Å². The topological polar surface area (TPSA) is 94.4 Å². The van der Waals surface area contributed by atoms with Crippen molar-refractivity contribution in [3.8, 4) is 11.6 Å². The van der Waals surface area contributed by atoms with E-state index in [1.807, 2.05) is 12.1 Å². The molecule has 2 rings (SSSR count). The van der Waals surface area contributed by atoms with Gasteiger partial charge in [-0.25, -0.2) is 4.98 Å². The van der Waals surface area contributed by atoms with Gasteiger partial charge in [0.05, 0.1) is 6.26 Å². The van der Waals surface area contributed by atoms with Crippen LogP contribution in [0.1, 0.15) is 39.4 Å². The number of furan rings is 1. The molecule has 2 heterocycles. The Kier molecular flexibility index (Phi) is 8.83. The molecule has 0 aromatic carbocycles. The molecule has 0 bridgehead atoms. The largest absolute Gasteiger partial charge is 0.461 e. The summed E-state index contributed by atoms with van der Waals surface area (Å²) in [4.78, 5) is 11.2. The number of aliphatic imine (C=N–C) groups is 1. The molecule has 0 fully saturated rings. The molecule has 150 valence electrons. The minimum atomic E-state index is 0.377. The molecule has 0 spiro atoms. The van der Waals surface area contributed by atoms with Gasteiger partial charge in [0.1, 0.15) is 5.82 Å². The lowest BCUT2D eigenvalue weighted by molar-refractivity contribution is 0.292. The van der Waals surface area contributed by atoms with Crippen LogP contribution >= 0.6 is 0 Å². The SMILES string of the molecule is CCN(CC)CCCC(C)NC(=NC)NCCc1nc(-c2ccco2)n[nH]1. The molecule has 1 atom stereocenters. The Morgan fingerprint density at radius 3 is 2.85 bits per heavy atom. The van der Waals surface area contributed by atoms with E-state index >= 15 is 0 Å². The molecule has 1 unspecified atom stereocenters. The number of rotatable bonds is 11. The van der Waals surface area contributed by atoms with Crippen molar-refractivity contribution in [2.45, 2.75) is 46.1 Å². The van der Waals surface area contributed by atoms with E-state index < -0.39 is 0 Å². The summed E-state index contributed by atoms with van der Waals surface area (Å²) in [5.41, 5.74) is 0. The van der Waals surface area contributed by atoms with Crippen molar-refractivity contribution in [2.24, 2.45) is 4.99 Å².